The van der Waals surface area contributed by atoms with E-state index in [4.69, 9.17) is 0 Å². The van der Waals surface area contributed by atoms with Gasteiger partial charge in [-0.05, 0) is 45.1 Å². The summed E-state index contributed by atoms with van der Waals surface area (Å²) in [4.78, 5) is 16.0. The minimum Gasteiger partial charge on any atom is -0.301 e. The van der Waals surface area contributed by atoms with E-state index in [1.807, 2.05) is 0 Å². The second kappa shape index (κ2) is 6.50. The maximum atomic E-state index is 10.8. The number of Topliss-reactive ketones (excluding diaryl/α,β-unsaturated/α-hetero) is 1. The van der Waals surface area contributed by atoms with Gasteiger partial charge in [-0.15, -0.1) is 0 Å². The molecule has 2 fully saturated rings. The van der Waals surface area contributed by atoms with Gasteiger partial charge in [0.1, 0.15) is 5.78 Å². The molecule has 3 heteroatoms. The number of hydrogen-bond acceptors (Lipinski definition) is 3. The maximum Gasteiger partial charge on any atom is 0.129 e. The Labute approximate surface area is 105 Å². The largest absolute Gasteiger partial charge is 0.301 e. The summed E-state index contributed by atoms with van der Waals surface area (Å²) in [5, 5.41) is 0. The van der Waals surface area contributed by atoms with Gasteiger partial charge in [0.15, 0.2) is 0 Å². The Morgan fingerprint density at radius 2 is 1.71 bits per heavy atom. The fraction of sp³-hybridized carbons (Fsp3) is 0.929. The third-order valence-electron chi connectivity index (χ3n) is 3.93. The Hall–Kier alpha value is -0.410. The third kappa shape index (κ3) is 5.17. The summed E-state index contributed by atoms with van der Waals surface area (Å²) < 4.78 is 0. The molecule has 98 valence electrons. The van der Waals surface area contributed by atoms with Gasteiger partial charge < -0.3 is 14.6 Å². The average Bonchev–Trinajstić information content (AvgIpc) is 3.10. The van der Waals surface area contributed by atoms with Crippen molar-refractivity contribution in [3.05, 3.63) is 0 Å². The lowest BCUT2D eigenvalue weighted by molar-refractivity contribution is -0.117. The van der Waals surface area contributed by atoms with Gasteiger partial charge in [-0.25, -0.2) is 0 Å². The number of carbonyl (C=O) groups excluding carboxylic acids is 1. The molecule has 0 aromatic carbocycles. The van der Waals surface area contributed by atoms with Crippen LogP contribution in [0.2, 0.25) is 0 Å². The van der Waals surface area contributed by atoms with Crippen LogP contribution in [0.25, 0.3) is 0 Å². The SMILES string of the molecule is CC(=O)CCCCN1CCN(CC2CC2)CC1. The number of ketones is 1. The van der Waals surface area contributed by atoms with Crippen LogP contribution < -0.4 is 0 Å². The molecule has 1 aliphatic heterocycles. The minimum atomic E-state index is 0.333. The minimum absolute atomic E-state index is 0.333. The molecule has 1 saturated carbocycles. The molecule has 1 saturated heterocycles. The van der Waals surface area contributed by atoms with Crippen molar-refractivity contribution in [1.29, 1.82) is 0 Å². The average molecular weight is 238 g/mol. The number of carbonyl (C=O) groups is 1. The Morgan fingerprint density at radius 3 is 2.29 bits per heavy atom. The predicted octanol–water partition coefficient (Wildman–Crippen LogP) is 1.77. The summed E-state index contributed by atoms with van der Waals surface area (Å²) in [6.45, 7) is 9.19. The summed E-state index contributed by atoms with van der Waals surface area (Å²) in [6, 6.07) is 0. The highest BCUT2D eigenvalue weighted by atomic mass is 16.1. The van der Waals surface area contributed by atoms with Crippen LogP contribution in [-0.2, 0) is 4.79 Å². The van der Waals surface area contributed by atoms with E-state index in [9.17, 15) is 4.79 Å². The Bertz CT molecular complexity index is 243. The summed E-state index contributed by atoms with van der Waals surface area (Å²) in [6.07, 6.45) is 5.94. The normalized spacial score (nSPS) is 22.9. The van der Waals surface area contributed by atoms with Crippen molar-refractivity contribution in [3.8, 4) is 0 Å². The molecule has 0 N–H and O–H groups in total. The van der Waals surface area contributed by atoms with Crippen molar-refractivity contribution >= 4 is 5.78 Å². The van der Waals surface area contributed by atoms with Gasteiger partial charge in [0.25, 0.3) is 0 Å². The molecule has 17 heavy (non-hydrogen) atoms. The maximum absolute atomic E-state index is 10.8. The number of rotatable bonds is 7. The van der Waals surface area contributed by atoms with Crippen LogP contribution in [0, 0.1) is 5.92 Å². The van der Waals surface area contributed by atoms with Crippen molar-refractivity contribution in [2.45, 2.75) is 39.0 Å². The van der Waals surface area contributed by atoms with Gasteiger partial charge in [0.2, 0.25) is 0 Å². The summed E-state index contributed by atoms with van der Waals surface area (Å²) in [7, 11) is 0. The van der Waals surface area contributed by atoms with Crippen LogP contribution in [0.15, 0.2) is 0 Å². The lowest BCUT2D eigenvalue weighted by Crippen LogP contribution is -2.47. The van der Waals surface area contributed by atoms with Crippen molar-refractivity contribution in [2.24, 2.45) is 5.92 Å². The molecular formula is C14H26N2O. The first-order valence-electron chi connectivity index (χ1n) is 7.18. The first kappa shape index (κ1) is 13.0. The second-order valence-electron chi connectivity index (χ2n) is 5.74. The fourth-order valence-corrected chi connectivity index (χ4v) is 2.57. The molecule has 1 aliphatic carbocycles. The lowest BCUT2D eigenvalue weighted by atomic mass is 10.2. The monoisotopic (exact) mass is 238 g/mol. The van der Waals surface area contributed by atoms with E-state index in [0.29, 0.717) is 5.78 Å². The smallest absolute Gasteiger partial charge is 0.129 e. The number of hydrogen-bond donors (Lipinski definition) is 0. The number of piperazine rings is 1. The Morgan fingerprint density at radius 1 is 1.06 bits per heavy atom. The van der Waals surface area contributed by atoms with E-state index in [1.54, 1.807) is 6.92 Å². The standard InChI is InChI=1S/C14H26N2O/c1-13(17)4-2-3-7-15-8-10-16(11-9-15)12-14-5-6-14/h14H,2-12H2,1H3. The van der Waals surface area contributed by atoms with E-state index < -0.39 is 0 Å². The van der Waals surface area contributed by atoms with Gasteiger partial charge in [0.05, 0.1) is 0 Å². The second-order valence-corrected chi connectivity index (χ2v) is 5.74. The highest BCUT2D eigenvalue weighted by Crippen LogP contribution is 2.29. The Balaban J connectivity index is 1.50. The van der Waals surface area contributed by atoms with E-state index in [0.717, 1.165) is 18.8 Å². The van der Waals surface area contributed by atoms with Crippen LogP contribution in [-0.4, -0.2) is 54.9 Å². The van der Waals surface area contributed by atoms with Crippen molar-refractivity contribution in [3.63, 3.8) is 0 Å². The van der Waals surface area contributed by atoms with Crippen molar-refractivity contribution in [2.75, 3.05) is 39.3 Å². The zero-order valence-corrected chi connectivity index (χ0v) is 11.2. The highest BCUT2D eigenvalue weighted by molar-refractivity contribution is 5.75. The first-order valence-corrected chi connectivity index (χ1v) is 7.18. The van der Waals surface area contributed by atoms with Gasteiger partial charge in [-0.3, -0.25) is 0 Å². The zero-order valence-electron chi connectivity index (χ0n) is 11.2. The highest BCUT2D eigenvalue weighted by Gasteiger charge is 2.26. The topological polar surface area (TPSA) is 23.6 Å². The van der Waals surface area contributed by atoms with Crippen molar-refractivity contribution < 1.29 is 4.79 Å². The number of unbranched alkanes of at least 4 members (excludes halogenated alkanes) is 1. The molecule has 0 bridgehead atoms. The quantitative estimate of drug-likeness (QED) is 0.632. The molecule has 2 aliphatic rings. The van der Waals surface area contributed by atoms with Crippen molar-refractivity contribution in [1.82, 2.24) is 9.80 Å². The molecule has 1 heterocycles. The molecule has 0 aromatic rings. The van der Waals surface area contributed by atoms with Crippen LogP contribution in [0.4, 0.5) is 0 Å². The molecule has 0 unspecified atom stereocenters. The Kier molecular flexibility index (Phi) is 4.99. The first-order chi connectivity index (χ1) is 8.24. The van der Waals surface area contributed by atoms with E-state index >= 15 is 0 Å². The molecule has 3 nitrogen and oxygen atoms in total. The molecule has 0 spiro atoms. The van der Waals surface area contributed by atoms with Gasteiger partial charge in [-0.1, -0.05) is 0 Å². The number of nitrogens with zero attached hydrogens (tertiary/aromatic N) is 2. The summed E-state index contributed by atoms with van der Waals surface area (Å²) in [5.74, 6) is 1.36. The van der Waals surface area contributed by atoms with Crippen LogP contribution in [0.1, 0.15) is 39.0 Å². The molecule has 0 amide bonds. The van der Waals surface area contributed by atoms with Gasteiger partial charge >= 0.3 is 0 Å². The third-order valence-corrected chi connectivity index (χ3v) is 3.93. The van der Waals surface area contributed by atoms with Gasteiger partial charge in [0, 0.05) is 39.1 Å². The summed E-state index contributed by atoms with van der Waals surface area (Å²) >= 11 is 0. The molecule has 0 aromatic heterocycles. The lowest BCUT2D eigenvalue weighted by Gasteiger charge is -2.34. The van der Waals surface area contributed by atoms with Crippen LogP contribution >= 0.6 is 0 Å². The van der Waals surface area contributed by atoms with E-state index in [-0.39, 0.29) is 0 Å². The zero-order chi connectivity index (χ0) is 12.1. The fourth-order valence-electron chi connectivity index (χ4n) is 2.57. The molecule has 2 rings (SSSR count). The molecule has 0 atom stereocenters. The predicted molar refractivity (Wildman–Crippen MR) is 70.1 cm³/mol. The van der Waals surface area contributed by atoms with Crippen LogP contribution in [0.5, 0.6) is 0 Å². The summed E-state index contributed by atoms with van der Waals surface area (Å²) in [5.41, 5.74) is 0. The van der Waals surface area contributed by atoms with E-state index in [1.165, 1.54) is 58.5 Å². The molecule has 0 radical (unpaired) electrons. The van der Waals surface area contributed by atoms with E-state index in [2.05, 4.69) is 9.80 Å². The van der Waals surface area contributed by atoms with Crippen LogP contribution in [0.3, 0.4) is 0 Å². The molecular weight excluding hydrogens is 212 g/mol. The van der Waals surface area contributed by atoms with Gasteiger partial charge in [-0.2, -0.15) is 0 Å².